The number of thiazole rings is 2. The summed E-state index contributed by atoms with van der Waals surface area (Å²) in [6.07, 6.45) is 0. The van der Waals surface area contributed by atoms with Crippen LogP contribution in [0.25, 0.3) is 10.2 Å². The Balaban J connectivity index is 2.00. The molecule has 0 fully saturated rings. The van der Waals surface area contributed by atoms with E-state index in [-0.39, 0.29) is 11.7 Å². The van der Waals surface area contributed by atoms with Crippen molar-refractivity contribution < 1.29 is 9.18 Å². The number of carbonyl (C=O) groups excluding carboxylic acids is 1. The first-order valence-electron chi connectivity index (χ1n) is 7.82. The fourth-order valence-electron chi connectivity index (χ4n) is 2.44. The quantitative estimate of drug-likeness (QED) is 0.679. The first-order valence-corrected chi connectivity index (χ1v) is 9.45. The van der Waals surface area contributed by atoms with Crippen molar-refractivity contribution in [2.45, 2.75) is 13.8 Å². The van der Waals surface area contributed by atoms with Crippen LogP contribution in [0.3, 0.4) is 0 Å². The third kappa shape index (κ3) is 3.86. The second-order valence-electron chi connectivity index (χ2n) is 6.02. The van der Waals surface area contributed by atoms with E-state index in [9.17, 15) is 9.18 Å². The molecule has 0 unspecified atom stereocenters. The summed E-state index contributed by atoms with van der Waals surface area (Å²) in [6.45, 7) is 4.94. The molecule has 8 heteroatoms. The van der Waals surface area contributed by atoms with E-state index in [1.165, 1.54) is 34.8 Å². The molecule has 0 spiro atoms. The van der Waals surface area contributed by atoms with Gasteiger partial charge in [-0.1, -0.05) is 11.3 Å². The molecule has 0 N–H and O–H groups in total. The minimum absolute atomic E-state index is 0.107. The summed E-state index contributed by atoms with van der Waals surface area (Å²) in [5, 5.41) is 1.44. The maximum absolute atomic E-state index is 13.5. The molecule has 0 saturated carbocycles. The molecule has 2 heterocycles. The van der Waals surface area contributed by atoms with Gasteiger partial charge in [0.15, 0.2) is 5.13 Å². The summed E-state index contributed by atoms with van der Waals surface area (Å²) in [4.78, 5) is 26.3. The zero-order chi connectivity index (χ0) is 18.1. The van der Waals surface area contributed by atoms with Crippen LogP contribution >= 0.6 is 22.7 Å². The molecule has 2 aromatic heterocycles. The first-order chi connectivity index (χ1) is 11.8. The van der Waals surface area contributed by atoms with E-state index in [1.807, 2.05) is 32.8 Å². The van der Waals surface area contributed by atoms with Gasteiger partial charge in [-0.2, -0.15) is 0 Å². The number of hydrogen-bond acceptors (Lipinski definition) is 6. The Morgan fingerprint density at radius 3 is 2.56 bits per heavy atom. The number of hydrogen-bond donors (Lipinski definition) is 0. The molecular formula is C17H19FN4OS2. The van der Waals surface area contributed by atoms with Gasteiger partial charge < -0.3 is 4.90 Å². The van der Waals surface area contributed by atoms with E-state index in [4.69, 9.17) is 0 Å². The average molecular weight is 378 g/mol. The Morgan fingerprint density at radius 1 is 1.16 bits per heavy atom. The number of halogens is 1. The van der Waals surface area contributed by atoms with Gasteiger partial charge in [0.1, 0.15) is 10.7 Å². The molecule has 0 radical (unpaired) electrons. The highest BCUT2D eigenvalue weighted by atomic mass is 32.1. The SMILES string of the molecule is Cc1nc(C)c(C(=O)N(CCN(C)C)c2nc3ccc(F)cc3s2)s1. The van der Waals surface area contributed by atoms with Gasteiger partial charge in [-0.05, 0) is 46.1 Å². The molecule has 3 rings (SSSR count). The predicted octanol–water partition coefficient (Wildman–Crippen LogP) is 3.72. The number of fused-ring (bicyclic) bond motifs is 1. The monoisotopic (exact) mass is 378 g/mol. The minimum Gasteiger partial charge on any atom is -0.308 e. The Hall–Kier alpha value is -1.90. The number of aryl methyl sites for hydroxylation is 2. The Bertz CT molecular complexity index is 919. The van der Waals surface area contributed by atoms with Crippen molar-refractivity contribution in [2.24, 2.45) is 0 Å². The summed E-state index contributed by atoms with van der Waals surface area (Å²) in [7, 11) is 3.91. The summed E-state index contributed by atoms with van der Waals surface area (Å²) in [6, 6.07) is 4.48. The van der Waals surface area contributed by atoms with Gasteiger partial charge in [-0.3, -0.25) is 9.69 Å². The lowest BCUT2D eigenvalue weighted by atomic mass is 10.3. The van der Waals surface area contributed by atoms with Crippen LogP contribution in [0.15, 0.2) is 18.2 Å². The number of amides is 1. The number of nitrogens with zero attached hydrogens (tertiary/aromatic N) is 4. The number of aromatic nitrogens is 2. The van der Waals surface area contributed by atoms with Gasteiger partial charge in [0.2, 0.25) is 0 Å². The standard InChI is InChI=1S/C17H19FN4OS2/c1-10-15(24-11(2)19-10)16(23)22(8-7-21(3)4)17-20-13-6-5-12(18)9-14(13)25-17/h5-6,9H,7-8H2,1-4H3. The zero-order valence-electron chi connectivity index (χ0n) is 14.5. The topological polar surface area (TPSA) is 49.3 Å². The van der Waals surface area contributed by atoms with E-state index >= 15 is 0 Å². The van der Waals surface area contributed by atoms with Gasteiger partial charge in [0.25, 0.3) is 5.91 Å². The molecule has 1 aromatic carbocycles. The normalized spacial score (nSPS) is 11.4. The van der Waals surface area contributed by atoms with Crippen LogP contribution in [0.4, 0.5) is 9.52 Å². The van der Waals surface area contributed by atoms with Crippen molar-refractivity contribution in [1.82, 2.24) is 14.9 Å². The lowest BCUT2D eigenvalue weighted by molar-refractivity contribution is 0.0988. The van der Waals surface area contributed by atoms with E-state index in [0.717, 1.165) is 15.4 Å². The van der Waals surface area contributed by atoms with Crippen molar-refractivity contribution in [3.8, 4) is 0 Å². The van der Waals surface area contributed by atoms with Crippen molar-refractivity contribution in [2.75, 3.05) is 32.1 Å². The van der Waals surface area contributed by atoms with Crippen molar-refractivity contribution in [3.05, 3.63) is 39.6 Å². The maximum Gasteiger partial charge on any atom is 0.272 e. The third-order valence-electron chi connectivity index (χ3n) is 3.68. The van der Waals surface area contributed by atoms with E-state index in [2.05, 4.69) is 9.97 Å². The smallest absolute Gasteiger partial charge is 0.272 e. The second kappa shape index (κ2) is 7.15. The number of rotatable bonds is 5. The van der Waals surface area contributed by atoms with Crippen LogP contribution in [0.5, 0.6) is 0 Å². The Kier molecular flexibility index (Phi) is 5.12. The maximum atomic E-state index is 13.5. The lowest BCUT2D eigenvalue weighted by Crippen LogP contribution is -2.36. The minimum atomic E-state index is -0.303. The molecule has 3 aromatic rings. The molecular weight excluding hydrogens is 359 g/mol. The number of benzene rings is 1. The van der Waals surface area contributed by atoms with Crippen molar-refractivity contribution in [3.63, 3.8) is 0 Å². The highest BCUT2D eigenvalue weighted by Gasteiger charge is 2.25. The first kappa shape index (κ1) is 17.9. The van der Waals surface area contributed by atoms with Crippen LogP contribution < -0.4 is 4.90 Å². The van der Waals surface area contributed by atoms with E-state index < -0.39 is 0 Å². The summed E-state index contributed by atoms with van der Waals surface area (Å²) < 4.78 is 14.2. The Morgan fingerprint density at radius 2 is 1.92 bits per heavy atom. The Labute approximate surface area is 153 Å². The number of anilines is 1. The molecule has 0 bridgehead atoms. The van der Waals surface area contributed by atoms with Gasteiger partial charge in [-0.15, -0.1) is 11.3 Å². The van der Waals surface area contributed by atoms with Gasteiger partial charge in [0.05, 0.1) is 20.9 Å². The van der Waals surface area contributed by atoms with Gasteiger partial charge in [-0.25, -0.2) is 14.4 Å². The van der Waals surface area contributed by atoms with Crippen LogP contribution in [0, 0.1) is 19.7 Å². The van der Waals surface area contributed by atoms with Crippen LogP contribution in [-0.4, -0.2) is 48.0 Å². The number of carbonyl (C=O) groups is 1. The van der Waals surface area contributed by atoms with Crippen LogP contribution in [0.1, 0.15) is 20.4 Å². The molecule has 25 heavy (non-hydrogen) atoms. The third-order valence-corrected chi connectivity index (χ3v) is 5.79. The lowest BCUT2D eigenvalue weighted by Gasteiger charge is -2.21. The molecule has 1 amide bonds. The molecule has 0 aliphatic heterocycles. The summed E-state index contributed by atoms with van der Waals surface area (Å²) >= 11 is 2.72. The molecule has 0 aliphatic carbocycles. The molecule has 0 aliphatic rings. The van der Waals surface area contributed by atoms with Crippen molar-refractivity contribution >= 4 is 43.9 Å². The van der Waals surface area contributed by atoms with Crippen LogP contribution in [0.2, 0.25) is 0 Å². The molecule has 0 atom stereocenters. The summed E-state index contributed by atoms with van der Waals surface area (Å²) in [5.74, 6) is -0.410. The predicted molar refractivity (Wildman–Crippen MR) is 101 cm³/mol. The molecule has 132 valence electrons. The van der Waals surface area contributed by atoms with E-state index in [1.54, 1.807) is 11.0 Å². The van der Waals surface area contributed by atoms with Crippen molar-refractivity contribution in [1.29, 1.82) is 0 Å². The van der Waals surface area contributed by atoms with E-state index in [0.29, 0.717) is 28.6 Å². The molecule has 5 nitrogen and oxygen atoms in total. The largest absolute Gasteiger partial charge is 0.308 e. The summed E-state index contributed by atoms with van der Waals surface area (Å²) in [5.41, 5.74) is 1.43. The highest BCUT2D eigenvalue weighted by Crippen LogP contribution is 2.31. The zero-order valence-corrected chi connectivity index (χ0v) is 16.2. The van der Waals surface area contributed by atoms with Gasteiger partial charge >= 0.3 is 0 Å². The highest BCUT2D eigenvalue weighted by molar-refractivity contribution is 7.22. The fourth-order valence-corrected chi connectivity index (χ4v) is 4.32. The van der Waals surface area contributed by atoms with Crippen LogP contribution in [-0.2, 0) is 0 Å². The second-order valence-corrected chi connectivity index (χ2v) is 8.23. The average Bonchev–Trinajstić information content (AvgIpc) is 3.09. The molecule has 0 saturated heterocycles. The fraction of sp³-hybridized carbons (Fsp3) is 0.353. The van der Waals surface area contributed by atoms with Gasteiger partial charge in [0, 0.05) is 13.1 Å². The number of likely N-dealkylation sites (N-methyl/N-ethyl adjacent to an activating group) is 1.